The fraction of sp³-hybridized carbons (Fsp3) is 0.273. The normalized spacial score (nSPS) is 19.7. The average molecular weight is 204 g/mol. The van der Waals surface area contributed by atoms with Crippen molar-refractivity contribution in [1.82, 2.24) is 5.32 Å². The van der Waals surface area contributed by atoms with Crippen LogP contribution in [0.2, 0.25) is 0 Å². The van der Waals surface area contributed by atoms with Gasteiger partial charge in [0.25, 0.3) is 5.91 Å². The highest BCUT2D eigenvalue weighted by Crippen LogP contribution is 2.17. The topological polar surface area (TPSA) is 52.9 Å². The van der Waals surface area contributed by atoms with Gasteiger partial charge in [0, 0.05) is 18.5 Å². The zero-order chi connectivity index (χ0) is 10.8. The molecule has 0 radical (unpaired) electrons. The predicted molar refractivity (Wildman–Crippen MR) is 52.1 cm³/mol. The van der Waals surface area contributed by atoms with Gasteiger partial charge in [0.15, 0.2) is 0 Å². The average Bonchev–Trinajstić information content (AvgIpc) is 2.39. The van der Waals surface area contributed by atoms with Crippen molar-refractivity contribution in [1.29, 1.82) is 5.26 Å². The highest BCUT2D eigenvalue weighted by Gasteiger charge is 2.20. The zero-order valence-corrected chi connectivity index (χ0v) is 7.96. The standard InChI is InChI=1S/C11H9FN2O/c12-9-4-8-2-1-7(5-13)3-10(8)11(15)14-6-9/h1-3,9H,4,6H2,(H,14,15). The van der Waals surface area contributed by atoms with Gasteiger partial charge in [-0.2, -0.15) is 5.26 Å². The predicted octanol–water partition coefficient (Wildman–Crippen LogP) is 1.18. The van der Waals surface area contributed by atoms with Crippen LogP contribution in [0.25, 0.3) is 0 Å². The first kappa shape index (κ1) is 9.66. The number of carbonyl (C=O) groups is 1. The summed E-state index contributed by atoms with van der Waals surface area (Å²) in [5.41, 5.74) is 1.49. The van der Waals surface area contributed by atoms with Crippen LogP contribution in [0.1, 0.15) is 21.5 Å². The van der Waals surface area contributed by atoms with Crippen LogP contribution in [0.3, 0.4) is 0 Å². The van der Waals surface area contributed by atoms with Crippen molar-refractivity contribution in [2.45, 2.75) is 12.6 Å². The summed E-state index contributed by atoms with van der Waals surface area (Å²) in [5, 5.41) is 11.2. The lowest BCUT2D eigenvalue weighted by atomic mass is 10.0. The molecular weight excluding hydrogens is 195 g/mol. The summed E-state index contributed by atoms with van der Waals surface area (Å²) in [4.78, 5) is 11.5. The molecule has 1 N–H and O–H groups in total. The number of amides is 1. The smallest absolute Gasteiger partial charge is 0.251 e. The van der Waals surface area contributed by atoms with Gasteiger partial charge < -0.3 is 5.32 Å². The van der Waals surface area contributed by atoms with E-state index in [2.05, 4.69) is 5.32 Å². The highest BCUT2D eigenvalue weighted by molar-refractivity contribution is 5.96. The first-order valence-corrected chi connectivity index (χ1v) is 4.66. The summed E-state index contributed by atoms with van der Waals surface area (Å²) in [7, 11) is 0. The van der Waals surface area contributed by atoms with Crippen LogP contribution in [-0.4, -0.2) is 18.6 Å². The van der Waals surface area contributed by atoms with Crippen LogP contribution < -0.4 is 5.32 Å². The molecule has 1 aliphatic heterocycles. The summed E-state index contributed by atoms with van der Waals surface area (Å²) >= 11 is 0. The van der Waals surface area contributed by atoms with E-state index in [-0.39, 0.29) is 18.9 Å². The van der Waals surface area contributed by atoms with E-state index in [1.54, 1.807) is 12.1 Å². The summed E-state index contributed by atoms with van der Waals surface area (Å²) in [6.45, 7) is 0.0371. The molecule has 1 aliphatic rings. The molecule has 0 spiro atoms. The van der Waals surface area contributed by atoms with E-state index < -0.39 is 6.17 Å². The molecule has 1 heterocycles. The highest BCUT2D eigenvalue weighted by atomic mass is 19.1. The number of halogens is 1. The van der Waals surface area contributed by atoms with Crippen LogP contribution in [0.15, 0.2) is 18.2 Å². The number of nitrogens with zero attached hydrogens (tertiary/aromatic N) is 1. The van der Waals surface area contributed by atoms with E-state index in [9.17, 15) is 9.18 Å². The molecule has 1 unspecified atom stereocenters. The van der Waals surface area contributed by atoms with Gasteiger partial charge in [0.1, 0.15) is 6.17 Å². The number of hydrogen-bond donors (Lipinski definition) is 1. The molecule has 76 valence electrons. The number of hydrogen-bond acceptors (Lipinski definition) is 2. The molecule has 3 nitrogen and oxygen atoms in total. The maximum absolute atomic E-state index is 13.2. The Kier molecular flexibility index (Phi) is 2.38. The maximum Gasteiger partial charge on any atom is 0.251 e. The zero-order valence-electron chi connectivity index (χ0n) is 7.96. The first-order valence-electron chi connectivity index (χ1n) is 4.66. The molecule has 1 aromatic carbocycles. The Bertz CT molecular complexity index is 450. The molecule has 0 bridgehead atoms. The van der Waals surface area contributed by atoms with Crippen LogP contribution in [0.4, 0.5) is 4.39 Å². The van der Waals surface area contributed by atoms with Gasteiger partial charge in [0.2, 0.25) is 0 Å². The molecule has 0 saturated carbocycles. The summed E-state index contributed by atoms with van der Waals surface area (Å²) < 4.78 is 13.2. The largest absolute Gasteiger partial charge is 0.349 e. The molecule has 4 heteroatoms. The minimum Gasteiger partial charge on any atom is -0.349 e. The summed E-state index contributed by atoms with van der Waals surface area (Å²) in [6.07, 6.45) is -0.831. The SMILES string of the molecule is N#Cc1ccc2c(c1)C(=O)NCC(F)C2. The van der Waals surface area contributed by atoms with E-state index >= 15 is 0 Å². The Morgan fingerprint density at radius 3 is 3.07 bits per heavy atom. The van der Waals surface area contributed by atoms with Crippen molar-refractivity contribution in [3.8, 4) is 6.07 Å². The Morgan fingerprint density at radius 2 is 2.33 bits per heavy atom. The Labute approximate surface area is 86.5 Å². The van der Waals surface area contributed by atoms with Crippen molar-refractivity contribution in [3.05, 3.63) is 34.9 Å². The number of rotatable bonds is 0. The molecule has 0 fully saturated rings. The molecule has 0 aromatic heterocycles. The van der Waals surface area contributed by atoms with E-state index in [1.165, 1.54) is 6.07 Å². The van der Waals surface area contributed by atoms with E-state index in [0.717, 1.165) is 0 Å². The van der Waals surface area contributed by atoms with Gasteiger partial charge in [0.05, 0.1) is 11.6 Å². The number of carbonyl (C=O) groups excluding carboxylic acids is 1. The van der Waals surface area contributed by atoms with Crippen LogP contribution in [0.5, 0.6) is 0 Å². The summed E-state index contributed by atoms with van der Waals surface area (Å²) in [5.74, 6) is -0.303. The first-order chi connectivity index (χ1) is 7.20. The second-order valence-electron chi connectivity index (χ2n) is 3.50. The van der Waals surface area contributed by atoms with Crippen molar-refractivity contribution in [2.24, 2.45) is 0 Å². The molecule has 2 rings (SSSR count). The Hall–Kier alpha value is -1.89. The Balaban J connectivity index is 2.49. The lowest BCUT2D eigenvalue weighted by Gasteiger charge is -2.04. The van der Waals surface area contributed by atoms with E-state index in [1.807, 2.05) is 6.07 Å². The molecule has 1 aromatic rings. The number of nitrogens with one attached hydrogen (secondary N) is 1. The number of alkyl halides is 1. The molecule has 0 aliphatic carbocycles. The van der Waals surface area contributed by atoms with Crippen LogP contribution in [0, 0.1) is 11.3 Å². The second-order valence-corrected chi connectivity index (χ2v) is 3.50. The summed E-state index contributed by atoms with van der Waals surface area (Å²) in [6, 6.07) is 6.70. The Morgan fingerprint density at radius 1 is 1.53 bits per heavy atom. The van der Waals surface area contributed by atoms with Crippen LogP contribution in [-0.2, 0) is 6.42 Å². The van der Waals surface area contributed by atoms with Crippen molar-refractivity contribution < 1.29 is 9.18 Å². The number of benzene rings is 1. The minimum atomic E-state index is -1.05. The van der Waals surface area contributed by atoms with Gasteiger partial charge in [-0.15, -0.1) is 0 Å². The van der Waals surface area contributed by atoms with Gasteiger partial charge in [-0.25, -0.2) is 4.39 Å². The molecule has 0 saturated heterocycles. The van der Waals surface area contributed by atoms with Crippen LogP contribution >= 0.6 is 0 Å². The van der Waals surface area contributed by atoms with Gasteiger partial charge in [-0.05, 0) is 17.7 Å². The molecule has 1 atom stereocenters. The quantitative estimate of drug-likeness (QED) is 0.690. The van der Waals surface area contributed by atoms with Gasteiger partial charge in [-0.1, -0.05) is 6.07 Å². The maximum atomic E-state index is 13.2. The monoisotopic (exact) mass is 204 g/mol. The fourth-order valence-electron chi connectivity index (χ4n) is 1.64. The fourth-order valence-corrected chi connectivity index (χ4v) is 1.64. The lowest BCUT2D eigenvalue weighted by molar-refractivity contribution is 0.0948. The van der Waals surface area contributed by atoms with Gasteiger partial charge >= 0.3 is 0 Å². The van der Waals surface area contributed by atoms with Crippen molar-refractivity contribution in [3.63, 3.8) is 0 Å². The lowest BCUT2D eigenvalue weighted by Crippen LogP contribution is -2.27. The molecule has 1 amide bonds. The third-order valence-corrected chi connectivity index (χ3v) is 2.41. The van der Waals surface area contributed by atoms with Crippen molar-refractivity contribution in [2.75, 3.05) is 6.54 Å². The minimum absolute atomic E-state index is 0.0371. The molecule has 15 heavy (non-hydrogen) atoms. The molecular formula is C11H9FN2O. The second kappa shape index (κ2) is 3.70. The van der Waals surface area contributed by atoms with Gasteiger partial charge in [-0.3, -0.25) is 4.79 Å². The third-order valence-electron chi connectivity index (χ3n) is 2.41. The van der Waals surface area contributed by atoms with Crippen molar-refractivity contribution >= 4 is 5.91 Å². The van der Waals surface area contributed by atoms with E-state index in [4.69, 9.17) is 5.26 Å². The number of nitriles is 1. The third kappa shape index (κ3) is 1.82. The van der Waals surface area contributed by atoms with E-state index in [0.29, 0.717) is 16.7 Å². The number of fused-ring (bicyclic) bond motifs is 1.